The van der Waals surface area contributed by atoms with Crippen molar-refractivity contribution in [1.29, 1.82) is 0 Å². The van der Waals surface area contributed by atoms with E-state index in [4.69, 9.17) is 9.47 Å². The van der Waals surface area contributed by atoms with E-state index in [1.54, 1.807) is 26.3 Å². The van der Waals surface area contributed by atoms with Crippen LogP contribution in [0.4, 0.5) is 15.0 Å². The lowest BCUT2D eigenvalue weighted by molar-refractivity contribution is 0.0583. The molecule has 2 aromatic rings. The molecule has 2 aliphatic carbocycles. The lowest BCUT2D eigenvalue weighted by Gasteiger charge is -2.17. The van der Waals surface area contributed by atoms with E-state index in [-0.39, 0.29) is 23.8 Å². The molecule has 4 rings (SSSR count). The molecular weight excluding hydrogens is 407 g/mol. The van der Waals surface area contributed by atoms with Gasteiger partial charge in [-0.3, -0.25) is 14.6 Å². The molecule has 11 heteroatoms. The second-order valence-corrected chi connectivity index (χ2v) is 8.55. The van der Waals surface area contributed by atoms with Crippen LogP contribution in [-0.2, 0) is 23.1 Å². The lowest BCUT2D eigenvalue weighted by atomic mass is 10.0. The first-order valence-corrected chi connectivity index (χ1v) is 10.3. The monoisotopic (exact) mass is 434 g/mol. The van der Waals surface area contributed by atoms with Gasteiger partial charge in [-0.1, -0.05) is 0 Å². The molecule has 2 saturated carbocycles. The predicted molar refractivity (Wildman–Crippen MR) is 108 cm³/mol. The number of aromatic amines is 1. The Morgan fingerprint density at radius 1 is 1.35 bits per heavy atom. The van der Waals surface area contributed by atoms with Crippen LogP contribution in [0.2, 0.25) is 0 Å². The van der Waals surface area contributed by atoms with Crippen molar-refractivity contribution in [3.05, 3.63) is 29.2 Å². The predicted octanol–water partition coefficient (Wildman–Crippen LogP) is 2.40. The normalized spacial score (nSPS) is 24.1. The molecule has 3 N–H and O–H groups in total. The number of rotatable bonds is 7. The summed E-state index contributed by atoms with van der Waals surface area (Å²) in [5, 5.41) is 16.7. The minimum atomic E-state index is -1.25. The van der Waals surface area contributed by atoms with Gasteiger partial charge in [-0.25, -0.2) is 9.18 Å². The third-order valence-electron chi connectivity index (χ3n) is 5.83. The Bertz CT molecular complexity index is 969. The molecule has 31 heavy (non-hydrogen) atoms. The van der Waals surface area contributed by atoms with Crippen LogP contribution in [0, 0.1) is 0 Å². The summed E-state index contributed by atoms with van der Waals surface area (Å²) in [5.41, 5.74) is 1.48. The average Bonchev–Trinajstić information content (AvgIpc) is 3.03. The molecule has 2 amide bonds. The molecule has 0 aromatic carbocycles. The number of hydrogen-bond acceptors (Lipinski definition) is 6. The summed E-state index contributed by atoms with van der Waals surface area (Å²) in [4.78, 5) is 24.5. The number of ether oxygens (including phenoxy) is 2. The topological polar surface area (TPSA) is 123 Å². The number of H-pyrrole nitrogens is 1. The number of alkyl carbamates (subject to hydrolysis) is 1. The first kappa shape index (κ1) is 21.3. The van der Waals surface area contributed by atoms with Crippen molar-refractivity contribution in [3.63, 3.8) is 0 Å². The first-order chi connectivity index (χ1) is 14.8. The van der Waals surface area contributed by atoms with Crippen LogP contribution in [0.25, 0.3) is 0 Å². The Hall–Kier alpha value is -2.95. The number of nitrogens with zero attached hydrogens (tertiary/aromatic N) is 3. The maximum absolute atomic E-state index is 14.5. The number of aromatic nitrogens is 4. The number of carbonyl (C=O) groups excluding carboxylic acids is 2. The van der Waals surface area contributed by atoms with Gasteiger partial charge in [-0.15, -0.1) is 0 Å². The highest BCUT2D eigenvalue weighted by atomic mass is 19.1. The fraction of sp³-hybridized carbons (Fsp3) is 0.600. The van der Waals surface area contributed by atoms with Crippen LogP contribution >= 0.6 is 0 Å². The Morgan fingerprint density at radius 3 is 2.84 bits per heavy atom. The minimum absolute atomic E-state index is 0.188. The summed E-state index contributed by atoms with van der Waals surface area (Å²) >= 11 is 0. The maximum Gasteiger partial charge on any atom is 0.407 e. The van der Waals surface area contributed by atoms with E-state index < -0.39 is 18.4 Å². The van der Waals surface area contributed by atoms with E-state index in [1.165, 1.54) is 4.68 Å². The number of hydrogen-bond donors (Lipinski definition) is 3. The first-order valence-electron chi connectivity index (χ1n) is 10.3. The quantitative estimate of drug-likeness (QED) is 0.615. The van der Waals surface area contributed by atoms with Gasteiger partial charge in [0.25, 0.3) is 5.91 Å². The Kier molecular flexibility index (Phi) is 5.69. The summed E-state index contributed by atoms with van der Waals surface area (Å²) < 4.78 is 26.3. The highest BCUT2D eigenvalue weighted by molar-refractivity contribution is 6.02. The summed E-state index contributed by atoms with van der Waals surface area (Å²) in [6.07, 6.45) is -0.252. The number of aryl methyl sites for hydroxylation is 1. The number of alkyl halides is 1. The van der Waals surface area contributed by atoms with E-state index >= 15 is 0 Å². The molecule has 2 fully saturated rings. The second kappa shape index (κ2) is 8.29. The molecule has 0 aliphatic heterocycles. The largest absolute Gasteiger partial charge is 0.443 e. The smallest absolute Gasteiger partial charge is 0.407 e. The van der Waals surface area contributed by atoms with Crippen LogP contribution in [-0.4, -0.2) is 56.9 Å². The summed E-state index contributed by atoms with van der Waals surface area (Å²) in [6.45, 7) is 2.24. The molecule has 168 valence electrons. The number of halogens is 1. The van der Waals surface area contributed by atoms with Crippen molar-refractivity contribution in [2.45, 2.75) is 62.9 Å². The van der Waals surface area contributed by atoms with Gasteiger partial charge in [-0.2, -0.15) is 10.2 Å². The second-order valence-electron chi connectivity index (χ2n) is 8.55. The van der Waals surface area contributed by atoms with Crippen LogP contribution in [0.3, 0.4) is 0 Å². The third kappa shape index (κ3) is 4.87. The zero-order valence-electron chi connectivity index (χ0n) is 17.8. The van der Waals surface area contributed by atoms with Crippen molar-refractivity contribution in [2.24, 2.45) is 7.05 Å². The number of methoxy groups -OCH3 is 1. The van der Waals surface area contributed by atoms with E-state index in [0.29, 0.717) is 35.9 Å². The average molecular weight is 434 g/mol. The van der Waals surface area contributed by atoms with Gasteiger partial charge in [0.05, 0.1) is 12.3 Å². The van der Waals surface area contributed by atoms with Gasteiger partial charge in [0.2, 0.25) is 0 Å². The van der Waals surface area contributed by atoms with Gasteiger partial charge >= 0.3 is 6.09 Å². The number of nitrogens with one attached hydrogen (secondary N) is 3. The molecule has 10 nitrogen and oxygen atoms in total. The lowest BCUT2D eigenvalue weighted by Crippen LogP contribution is -2.38. The van der Waals surface area contributed by atoms with Gasteiger partial charge in [0.1, 0.15) is 18.0 Å². The van der Waals surface area contributed by atoms with Crippen molar-refractivity contribution in [2.75, 3.05) is 12.4 Å². The van der Waals surface area contributed by atoms with Gasteiger partial charge in [0, 0.05) is 37.4 Å². The molecule has 2 aromatic heterocycles. The highest BCUT2D eigenvalue weighted by Gasteiger charge is 2.42. The van der Waals surface area contributed by atoms with Crippen molar-refractivity contribution in [1.82, 2.24) is 25.3 Å². The molecule has 3 atom stereocenters. The van der Waals surface area contributed by atoms with Crippen molar-refractivity contribution in [3.8, 4) is 0 Å². The maximum atomic E-state index is 14.5. The molecule has 0 radical (unpaired) electrons. The van der Waals surface area contributed by atoms with Crippen molar-refractivity contribution >= 4 is 17.8 Å². The van der Waals surface area contributed by atoms with Gasteiger partial charge in [0.15, 0.2) is 5.82 Å². The molecule has 0 unspecified atom stereocenters. The number of carbonyl (C=O) groups is 2. The number of amides is 2. The highest BCUT2D eigenvalue weighted by Crippen LogP contribution is 2.39. The number of anilines is 1. The summed E-state index contributed by atoms with van der Waals surface area (Å²) in [7, 11) is 3.23. The zero-order valence-corrected chi connectivity index (χ0v) is 17.8. The molecule has 2 heterocycles. The van der Waals surface area contributed by atoms with E-state index in [9.17, 15) is 14.0 Å². The van der Waals surface area contributed by atoms with Gasteiger partial charge < -0.3 is 20.1 Å². The van der Waals surface area contributed by atoms with Crippen LogP contribution in [0.15, 0.2) is 12.1 Å². The van der Waals surface area contributed by atoms with Crippen LogP contribution in [0.1, 0.15) is 60.4 Å². The molecule has 0 bridgehead atoms. The van der Waals surface area contributed by atoms with Gasteiger partial charge in [-0.05, 0) is 38.7 Å². The Balaban J connectivity index is 1.34. The minimum Gasteiger partial charge on any atom is -0.443 e. The van der Waals surface area contributed by atoms with E-state index in [2.05, 4.69) is 25.9 Å². The van der Waals surface area contributed by atoms with Crippen LogP contribution in [0.5, 0.6) is 0 Å². The van der Waals surface area contributed by atoms with Crippen LogP contribution < -0.4 is 10.6 Å². The fourth-order valence-corrected chi connectivity index (χ4v) is 3.80. The molecule has 0 saturated heterocycles. The molecule has 2 aliphatic rings. The standard InChI is InChI=1S/C20H27FN6O4/c1-20(4-5-20)23-19(29)31-16-7-11(6-13(16)21)14-9-17(25-24-14)22-18(28)15-8-12(10-30-3)26-27(15)2/h8-9,11,13,16H,4-7,10H2,1-3H3,(H,23,29)(H2,22,24,25,28)/t11-,13+,16-/m1/s1. The van der Waals surface area contributed by atoms with Crippen molar-refractivity contribution < 1.29 is 23.5 Å². The molecule has 0 spiro atoms. The fourth-order valence-electron chi connectivity index (χ4n) is 3.80. The van der Waals surface area contributed by atoms with E-state index in [1.807, 2.05) is 6.92 Å². The summed E-state index contributed by atoms with van der Waals surface area (Å²) in [5.74, 6) is -0.224. The Labute approximate surface area is 178 Å². The SMILES string of the molecule is COCc1cc(C(=O)Nc2cc([C@@H]3C[C@H](F)[C@H](OC(=O)NC4(C)CC4)C3)[nH]n2)n(C)n1. The third-order valence-corrected chi connectivity index (χ3v) is 5.83. The molecular formula is C20H27FN6O4. The zero-order chi connectivity index (χ0) is 22.2. The Morgan fingerprint density at radius 2 is 2.13 bits per heavy atom. The summed E-state index contributed by atoms with van der Waals surface area (Å²) in [6, 6.07) is 3.32. The van der Waals surface area contributed by atoms with E-state index in [0.717, 1.165) is 12.8 Å².